The molecule has 8 nitrogen and oxygen atoms in total. The summed E-state index contributed by atoms with van der Waals surface area (Å²) in [4.78, 5) is 12.3. The SMILES string of the molecule is COc1ccc(OC)c(N(CC(=O)N/N=C\c2ccccc2Br)S(C)(=O)=O)c1. The van der Waals surface area contributed by atoms with Gasteiger partial charge in [-0.2, -0.15) is 5.10 Å². The highest BCUT2D eigenvalue weighted by Gasteiger charge is 2.24. The van der Waals surface area contributed by atoms with Gasteiger partial charge in [-0.3, -0.25) is 9.10 Å². The normalized spacial score (nSPS) is 11.3. The van der Waals surface area contributed by atoms with Crippen LogP contribution in [0.1, 0.15) is 5.56 Å². The lowest BCUT2D eigenvalue weighted by Gasteiger charge is -2.23. The number of rotatable bonds is 8. The highest BCUT2D eigenvalue weighted by atomic mass is 79.9. The minimum atomic E-state index is -3.78. The number of amides is 1. The van der Waals surface area contributed by atoms with E-state index in [-0.39, 0.29) is 11.4 Å². The van der Waals surface area contributed by atoms with Gasteiger partial charge < -0.3 is 9.47 Å². The Kier molecular flexibility index (Phi) is 7.41. The molecular weight excluding hydrogens is 450 g/mol. The molecule has 0 bridgehead atoms. The molecule has 28 heavy (non-hydrogen) atoms. The number of ether oxygens (including phenoxy) is 2. The maximum atomic E-state index is 12.3. The third-order valence-electron chi connectivity index (χ3n) is 3.64. The van der Waals surface area contributed by atoms with Crippen LogP contribution in [0.5, 0.6) is 11.5 Å². The first-order chi connectivity index (χ1) is 13.3. The first-order valence-corrected chi connectivity index (χ1v) is 10.7. The zero-order valence-electron chi connectivity index (χ0n) is 15.5. The zero-order chi connectivity index (χ0) is 20.7. The molecule has 0 aliphatic carbocycles. The average molecular weight is 470 g/mol. The number of carbonyl (C=O) groups excluding carboxylic acids is 1. The second-order valence-electron chi connectivity index (χ2n) is 5.62. The molecule has 0 heterocycles. The van der Waals surface area contributed by atoms with Crippen molar-refractivity contribution >= 4 is 43.8 Å². The van der Waals surface area contributed by atoms with Crippen molar-refractivity contribution in [1.82, 2.24) is 5.43 Å². The molecule has 2 aromatic carbocycles. The fraction of sp³-hybridized carbons (Fsp3) is 0.222. The summed E-state index contributed by atoms with van der Waals surface area (Å²) < 4.78 is 36.7. The van der Waals surface area contributed by atoms with Gasteiger partial charge in [0.05, 0.1) is 32.4 Å². The van der Waals surface area contributed by atoms with E-state index in [1.54, 1.807) is 12.1 Å². The fourth-order valence-corrected chi connectivity index (χ4v) is 3.53. The van der Waals surface area contributed by atoms with Crippen LogP contribution >= 0.6 is 15.9 Å². The molecule has 2 rings (SSSR count). The van der Waals surface area contributed by atoms with Gasteiger partial charge in [0.15, 0.2) is 0 Å². The maximum Gasteiger partial charge on any atom is 0.260 e. The molecule has 0 saturated heterocycles. The molecule has 150 valence electrons. The molecule has 0 aliphatic rings. The van der Waals surface area contributed by atoms with Gasteiger partial charge in [0.1, 0.15) is 18.0 Å². The fourth-order valence-electron chi connectivity index (χ4n) is 2.29. The van der Waals surface area contributed by atoms with E-state index in [0.717, 1.165) is 20.6 Å². The Morgan fingerprint density at radius 2 is 1.93 bits per heavy atom. The molecular formula is C18H20BrN3O5S. The summed E-state index contributed by atoms with van der Waals surface area (Å²) in [7, 11) is -0.909. The minimum absolute atomic E-state index is 0.189. The molecule has 0 radical (unpaired) electrons. The Morgan fingerprint density at radius 3 is 2.54 bits per heavy atom. The van der Waals surface area contributed by atoms with E-state index in [1.807, 2.05) is 24.3 Å². The van der Waals surface area contributed by atoms with Crippen molar-refractivity contribution in [2.75, 3.05) is 31.3 Å². The second-order valence-corrected chi connectivity index (χ2v) is 8.38. The van der Waals surface area contributed by atoms with Gasteiger partial charge in [-0.1, -0.05) is 34.1 Å². The van der Waals surface area contributed by atoms with E-state index in [2.05, 4.69) is 26.5 Å². The molecule has 1 amide bonds. The van der Waals surface area contributed by atoms with Crippen LogP contribution in [0.15, 0.2) is 52.0 Å². The lowest BCUT2D eigenvalue weighted by Crippen LogP contribution is -2.39. The smallest absolute Gasteiger partial charge is 0.260 e. The third kappa shape index (κ3) is 5.70. The third-order valence-corrected chi connectivity index (χ3v) is 5.49. The van der Waals surface area contributed by atoms with E-state index >= 15 is 0 Å². The van der Waals surface area contributed by atoms with Crippen LogP contribution in [0.25, 0.3) is 0 Å². The number of hydrazone groups is 1. The highest BCUT2D eigenvalue weighted by molar-refractivity contribution is 9.10. The molecule has 1 N–H and O–H groups in total. The number of hydrogen-bond acceptors (Lipinski definition) is 6. The number of benzene rings is 2. The molecule has 2 aromatic rings. The maximum absolute atomic E-state index is 12.3. The summed E-state index contributed by atoms with van der Waals surface area (Å²) in [5.41, 5.74) is 3.28. The summed E-state index contributed by atoms with van der Waals surface area (Å²) in [5.74, 6) is 0.103. The lowest BCUT2D eigenvalue weighted by atomic mass is 10.2. The highest BCUT2D eigenvalue weighted by Crippen LogP contribution is 2.33. The summed E-state index contributed by atoms with van der Waals surface area (Å²) in [5, 5.41) is 3.88. The number of nitrogens with zero attached hydrogens (tertiary/aromatic N) is 2. The van der Waals surface area contributed by atoms with E-state index in [0.29, 0.717) is 5.75 Å². The number of methoxy groups -OCH3 is 2. The molecule has 0 aromatic heterocycles. The number of halogens is 1. The van der Waals surface area contributed by atoms with Crippen molar-refractivity contribution in [3.8, 4) is 11.5 Å². The zero-order valence-corrected chi connectivity index (χ0v) is 18.0. The Bertz CT molecular complexity index is 979. The van der Waals surface area contributed by atoms with Gasteiger partial charge >= 0.3 is 0 Å². The molecule has 0 aliphatic heterocycles. The van der Waals surface area contributed by atoms with Crippen molar-refractivity contribution in [3.63, 3.8) is 0 Å². The van der Waals surface area contributed by atoms with Gasteiger partial charge in [-0.25, -0.2) is 13.8 Å². The standard InChI is InChI=1S/C18H20BrN3O5S/c1-26-14-8-9-17(27-2)16(10-14)22(28(3,24)25)12-18(23)21-20-11-13-6-4-5-7-15(13)19/h4-11H,12H2,1-3H3,(H,21,23)/b20-11-. The molecule has 0 unspecified atom stereocenters. The molecule has 0 saturated carbocycles. The van der Waals surface area contributed by atoms with Crippen LogP contribution in [0.3, 0.4) is 0 Å². The van der Waals surface area contributed by atoms with Crippen LogP contribution < -0.4 is 19.2 Å². The Balaban J connectivity index is 2.22. The number of carbonyl (C=O) groups is 1. The summed E-state index contributed by atoms with van der Waals surface area (Å²) in [6, 6.07) is 12.0. The number of sulfonamides is 1. The van der Waals surface area contributed by atoms with E-state index in [9.17, 15) is 13.2 Å². The summed E-state index contributed by atoms with van der Waals surface area (Å²) >= 11 is 3.37. The van der Waals surface area contributed by atoms with Gasteiger partial charge in [0, 0.05) is 16.1 Å². The molecule has 0 fully saturated rings. The number of anilines is 1. The Morgan fingerprint density at radius 1 is 1.21 bits per heavy atom. The van der Waals surface area contributed by atoms with Gasteiger partial charge in [0.2, 0.25) is 10.0 Å². The monoisotopic (exact) mass is 469 g/mol. The van der Waals surface area contributed by atoms with E-state index in [4.69, 9.17) is 9.47 Å². The minimum Gasteiger partial charge on any atom is -0.497 e. The van der Waals surface area contributed by atoms with Crippen LogP contribution in [0.4, 0.5) is 5.69 Å². The average Bonchev–Trinajstić information content (AvgIpc) is 2.66. The van der Waals surface area contributed by atoms with Crippen molar-refractivity contribution in [2.45, 2.75) is 0 Å². The summed E-state index contributed by atoms with van der Waals surface area (Å²) in [6.45, 7) is -0.477. The largest absolute Gasteiger partial charge is 0.497 e. The van der Waals surface area contributed by atoms with Crippen LogP contribution in [-0.4, -0.2) is 47.6 Å². The molecule has 0 spiro atoms. The second kappa shape index (κ2) is 9.56. The van der Waals surface area contributed by atoms with Crippen LogP contribution in [0, 0.1) is 0 Å². The topological polar surface area (TPSA) is 97.3 Å². The predicted octanol–water partition coefficient (Wildman–Crippen LogP) is 2.38. The Labute approximate surface area is 172 Å². The Hall–Kier alpha value is -2.59. The first-order valence-electron chi connectivity index (χ1n) is 8.02. The summed E-state index contributed by atoms with van der Waals surface area (Å²) in [6.07, 6.45) is 2.46. The van der Waals surface area contributed by atoms with E-state index < -0.39 is 22.5 Å². The van der Waals surface area contributed by atoms with Crippen molar-refractivity contribution in [1.29, 1.82) is 0 Å². The van der Waals surface area contributed by atoms with Crippen LogP contribution in [-0.2, 0) is 14.8 Å². The van der Waals surface area contributed by atoms with Crippen molar-refractivity contribution < 1.29 is 22.7 Å². The van der Waals surface area contributed by atoms with Gasteiger partial charge in [-0.15, -0.1) is 0 Å². The van der Waals surface area contributed by atoms with Gasteiger partial charge in [-0.05, 0) is 18.2 Å². The van der Waals surface area contributed by atoms with Crippen LogP contribution in [0.2, 0.25) is 0 Å². The quantitative estimate of drug-likeness (QED) is 0.472. The van der Waals surface area contributed by atoms with Gasteiger partial charge in [0.25, 0.3) is 5.91 Å². The first kappa shape index (κ1) is 21.7. The molecule has 0 atom stereocenters. The predicted molar refractivity (Wildman–Crippen MR) is 112 cm³/mol. The van der Waals surface area contributed by atoms with Crippen molar-refractivity contribution in [2.24, 2.45) is 5.10 Å². The lowest BCUT2D eigenvalue weighted by molar-refractivity contribution is -0.119. The number of hydrogen-bond donors (Lipinski definition) is 1. The number of nitrogens with one attached hydrogen (secondary N) is 1. The van der Waals surface area contributed by atoms with E-state index in [1.165, 1.54) is 26.5 Å². The molecule has 10 heteroatoms. The van der Waals surface area contributed by atoms with Crippen molar-refractivity contribution in [3.05, 3.63) is 52.5 Å².